The lowest BCUT2D eigenvalue weighted by atomic mass is 9.54. The molecule has 1 saturated heterocycles. The number of hydrogen-bond acceptors (Lipinski definition) is 3. The van der Waals surface area contributed by atoms with Crippen molar-refractivity contribution in [1.82, 2.24) is 4.90 Å². The number of nitrogens with zero attached hydrogens (tertiary/aromatic N) is 1. The maximum absolute atomic E-state index is 12.8. The van der Waals surface area contributed by atoms with E-state index in [0.29, 0.717) is 23.9 Å². The number of hydrogen-bond donors (Lipinski definition) is 0. The van der Waals surface area contributed by atoms with Crippen molar-refractivity contribution >= 4 is 11.6 Å². The zero-order valence-electron chi connectivity index (χ0n) is 11.6. The van der Waals surface area contributed by atoms with Crippen LogP contribution in [0.15, 0.2) is 11.3 Å². The second kappa shape index (κ2) is 3.71. The Hall–Kier alpha value is -1.12. The summed E-state index contributed by atoms with van der Waals surface area (Å²) in [5, 5.41) is 0. The van der Waals surface area contributed by atoms with Crippen LogP contribution in [0.5, 0.6) is 0 Å². The second-order valence-corrected chi connectivity index (χ2v) is 6.93. The van der Waals surface area contributed by atoms with Gasteiger partial charge in [-0.05, 0) is 37.5 Å². The lowest BCUT2D eigenvalue weighted by molar-refractivity contribution is -0.140. The molecule has 0 aromatic carbocycles. The van der Waals surface area contributed by atoms with Crippen molar-refractivity contribution in [2.75, 3.05) is 13.1 Å². The van der Waals surface area contributed by atoms with Crippen molar-refractivity contribution in [3.05, 3.63) is 11.3 Å². The van der Waals surface area contributed by atoms with Crippen LogP contribution >= 0.6 is 0 Å². The van der Waals surface area contributed by atoms with Gasteiger partial charge in [-0.15, -0.1) is 0 Å². The summed E-state index contributed by atoms with van der Waals surface area (Å²) in [6.45, 7) is 4.17. The van der Waals surface area contributed by atoms with Crippen LogP contribution in [0.2, 0.25) is 0 Å². The first kappa shape index (κ1) is 11.7. The zero-order valence-corrected chi connectivity index (χ0v) is 11.6. The molecule has 2 unspecified atom stereocenters. The Balaban J connectivity index is 1.90. The van der Waals surface area contributed by atoms with E-state index in [1.165, 1.54) is 5.70 Å². The highest BCUT2D eigenvalue weighted by molar-refractivity contribution is 6.02. The highest BCUT2D eigenvalue weighted by Crippen LogP contribution is 2.58. The van der Waals surface area contributed by atoms with E-state index < -0.39 is 0 Å². The van der Waals surface area contributed by atoms with Gasteiger partial charge in [0.05, 0.1) is 5.41 Å². The van der Waals surface area contributed by atoms with Crippen LogP contribution in [0.1, 0.15) is 45.4 Å². The largest absolute Gasteiger partial charge is 0.373 e. The number of carbonyl (C=O) groups excluding carboxylic acids is 2. The van der Waals surface area contributed by atoms with Crippen molar-refractivity contribution < 1.29 is 9.59 Å². The minimum absolute atomic E-state index is 0.259. The third-order valence-electron chi connectivity index (χ3n) is 5.84. The SMILES string of the molecule is CC1CC(=O)[C@]23CCCN4CCC(=C42)C(=O)CC3C1. The molecule has 3 atom stereocenters. The van der Waals surface area contributed by atoms with Crippen molar-refractivity contribution in [3.63, 3.8) is 0 Å². The minimum atomic E-state index is -0.259. The number of allylic oxidation sites excluding steroid dienone is 1. The standard InChI is InChI=1S/C16H21NO2/c1-10-7-11-9-13(18)12-3-6-17-5-2-4-16(11,15(12)17)14(19)8-10/h10-11H,2-9H2,1H3/t10?,11?,16-/m1/s1. The quantitative estimate of drug-likeness (QED) is 0.670. The van der Waals surface area contributed by atoms with Crippen LogP contribution in [0.3, 0.4) is 0 Å². The molecule has 0 radical (unpaired) electrons. The van der Waals surface area contributed by atoms with E-state index in [2.05, 4.69) is 11.8 Å². The Morgan fingerprint density at radius 1 is 1.21 bits per heavy atom. The normalized spacial score (nSPS) is 41.4. The number of carbonyl (C=O) groups is 2. The Kier molecular flexibility index (Phi) is 2.28. The molecule has 4 aliphatic rings. The van der Waals surface area contributed by atoms with E-state index in [-0.39, 0.29) is 11.3 Å². The molecule has 102 valence electrons. The van der Waals surface area contributed by atoms with E-state index in [1.54, 1.807) is 0 Å². The van der Waals surface area contributed by atoms with Crippen LogP contribution in [0.4, 0.5) is 0 Å². The summed E-state index contributed by atoms with van der Waals surface area (Å²) in [6, 6.07) is 0. The van der Waals surface area contributed by atoms with Gasteiger partial charge in [0.15, 0.2) is 5.78 Å². The predicted molar refractivity (Wildman–Crippen MR) is 71.4 cm³/mol. The van der Waals surface area contributed by atoms with Gasteiger partial charge in [-0.1, -0.05) is 6.92 Å². The average molecular weight is 259 g/mol. The van der Waals surface area contributed by atoms with Gasteiger partial charge in [0.1, 0.15) is 5.78 Å². The fraction of sp³-hybridized carbons (Fsp3) is 0.750. The van der Waals surface area contributed by atoms with Gasteiger partial charge in [-0.2, -0.15) is 0 Å². The number of ketones is 2. The van der Waals surface area contributed by atoms with Crippen LogP contribution < -0.4 is 0 Å². The summed E-state index contributed by atoms with van der Waals surface area (Å²) >= 11 is 0. The lowest BCUT2D eigenvalue weighted by Gasteiger charge is -2.53. The summed E-state index contributed by atoms with van der Waals surface area (Å²) in [5.74, 6) is 1.51. The smallest absolute Gasteiger partial charge is 0.161 e. The highest BCUT2D eigenvalue weighted by Gasteiger charge is 2.59. The fourth-order valence-electron chi connectivity index (χ4n) is 5.15. The molecule has 1 saturated carbocycles. The molecule has 2 heterocycles. The van der Waals surface area contributed by atoms with Gasteiger partial charge >= 0.3 is 0 Å². The first-order valence-electron chi connectivity index (χ1n) is 7.68. The van der Waals surface area contributed by atoms with Crippen molar-refractivity contribution in [3.8, 4) is 0 Å². The van der Waals surface area contributed by atoms with Crippen LogP contribution in [0.25, 0.3) is 0 Å². The molecule has 19 heavy (non-hydrogen) atoms. The zero-order chi connectivity index (χ0) is 13.2. The van der Waals surface area contributed by atoms with E-state index in [1.807, 2.05) is 0 Å². The molecule has 4 rings (SSSR count). The number of rotatable bonds is 0. The van der Waals surface area contributed by atoms with E-state index in [4.69, 9.17) is 0 Å². The van der Waals surface area contributed by atoms with Crippen LogP contribution in [-0.2, 0) is 9.59 Å². The van der Waals surface area contributed by atoms with E-state index in [0.717, 1.165) is 50.8 Å². The average Bonchev–Trinajstić information content (AvgIpc) is 2.79. The monoisotopic (exact) mass is 259 g/mol. The van der Waals surface area contributed by atoms with Gasteiger partial charge in [0.25, 0.3) is 0 Å². The molecule has 2 fully saturated rings. The molecule has 3 heteroatoms. The Morgan fingerprint density at radius 3 is 2.89 bits per heavy atom. The Morgan fingerprint density at radius 2 is 2.05 bits per heavy atom. The molecular weight excluding hydrogens is 238 g/mol. The van der Waals surface area contributed by atoms with Crippen molar-refractivity contribution in [1.29, 1.82) is 0 Å². The van der Waals surface area contributed by atoms with Crippen molar-refractivity contribution in [2.45, 2.75) is 45.4 Å². The Labute approximate surface area is 114 Å². The van der Waals surface area contributed by atoms with Crippen LogP contribution in [0, 0.1) is 17.3 Å². The van der Waals surface area contributed by atoms with Gasteiger partial charge in [-0.3, -0.25) is 9.59 Å². The van der Waals surface area contributed by atoms with Crippen molar-refractivity contribution in [2.24, 2.45) is 17.3 Å². The van der Waals surface area contributed by atoms with Gasteiger partial charge < -0.3 is 4.90 Å². The number of Topliss-reactive ketones (excluding diaryl/α,β-unsaturated/α-hetero) is 2. The minimum Gasteiger partial charge on any atom is -0.373 e. The van der Waals surface area contributed by atoms with Gasteiger partial charge in [0.2, 0.25) is 0 Å². The summed E-state index contributed by atoms with van der Waals surface area (Å²) in [6.07, 6.45) is 5.39. The fourth-order valence-corrected chi connectivity index (χ4v) is 5.15. The molecule has 0 aromatic heterocycles. The molecule has 0 N–H and O–H groups in total. The van der Waals surface area contributed by atoms with Gasteiger partial charge in [-0.25, -0.2) is 0 Å². The molecular formula is C16H21NO2. The summed E-state index contributed by atoms with van der Waals surface area (Å²) < 4.78 is 0. The predicted octanol–water partition coefficient (Wildman–Crippen LogP) is 2.31. The molecule has 0 aromatic rings. The van der Waals surface area contributed by atoms with Gasteiger partial charge in [0, 0.05) is 37.2 Å². The highest BCUT2D eigenvalue weighted by atomic mass is 16.1. The molecule has 2 aliphatic carbocycles. The maximum Gasteiger partial charge on any atom is 0.161 e. The number of piperidine rings is 1. The maximum atomic E-state index is 12.8. The van der Waals surface area contributed by atoms with E-state index >= 15 is 0 Å². The topological polar surface area (TPSA) is 37.4 Å². The van der Waals surface area contributed by atoms with E-state index in [9.17, 15) is 9.59 Å². The van der Waals surface area contributed by atoms with Crippen LogP contribution in [-0.4, -0.2) is 29.6 Å². The third-order valence-corrected chi connectivity index (χ3v) is 5.84. The first-order chi connectivity index (χ1) is 9.13. The molecule has 3 nitrogen and oxygen atoms in total. The molecule has 0 bridgehead atoms. The second-order valence-electron chi connectivity index (χ2n) is 6.93. The summed E-state index contributed by atoms with van der Waals surface area (Å²) in [5.41, 5.74) is 1.93. The molecule has 1 spiro atoms. The molecule has 0 amide bonds. The Bertz CT molecular complexity index is 507. The lowest BCUT2D eigenvalue weighted by Crippen LogP contribution is -2.54. The summed E-state index contributed by atoms with van der Waals surface area (Å²) in [4.78, 5) is 27.6. The first-order valence-corrected chi connectivity index (χ1v) is 7.68. The summed E-state index contributed by atoms with van der Waals surface area (Å²) in [7, 11) is 0. The third kappa shape index (κ3) is 1.34. The molecule has 2 aliphatic heterocycles.